The van der Waals surface area contributed by atoms with E-state index in [4.69, 9.17) is 30.4 Å². The minimum Gasteiger partial charge on any atom is -0.467 e. The summed E-state index contributed by atoms with van der Waals surface area (Å²) in [6.45, 7) is 3.07. The van der Waals surface area contributed by atoms with Crippen molar-refractivity contribution in [3.8, 4) is 23.0 Å². The van der Waals surface area contributed by atoms with E-state index >= 15 is 0 Å². The second-order valence-electron chi connectivity index (χ2n) is 14.8. The second kappa shape index (κ2) is 23.8. The first kappa shape index (κ1) is 50.0. The smallest absolute Gasteiger partial charge is 0.328 e. The Morgan fingerprint density at radius 2 is 1.03 bits per heavy atom. The number of carbonyl (C=O) groups excluding carboxylic acids is 8. The quantitative estimate of drug-likeness (QED) is 0.0637. The Hall–Kier alpha value is -7.00. The number of benzene rings is 4. The molecule has 4 aromatic carbocycles. The molecule has 5 atom stereocenters. The minimum absolute atomic E-state index is 0.239. The van der Waals surface area contributed by atoms with Gasteiger partial charge in [-0.2, -0.15) is 0 Å². The van der Waals surface area contributed by atoms with Crippen LogP contribution in [0.2, 0.25) is 0 Å². The molecular weight excluding hydrogens is 893 g/mol. The van der Waals surface area contributed by atoms with Crippen LogP contribution in [-0.2, 0) is 57.5 Å². The summed E-state index contributed by atoms with van der Waals surface area (Å²) in [5.41, 5.74) is 14.4. The van der Waals surface area contributed by atoms with Gasteiger partial charge in [0.05, 0.1) is 36.5 Å². The van der Waals surface area contributed by atoms with E-state index in [1.807, 2.05) is 12.1 Å². The molecule has 2 fully saturated rings. The van der Waals surface area contributed by atoms with E-state index in [1.54, 1.807) is 91.0 Å². The molecule has 0 aromatic heterocycles. The first-order chi connectivity index (χ1) is 31.5. The number of methoxy groups -OCH3 is 2. The van der Waals surface area contributed by atoms with Gasteiger partial charge in [-0.25, -0.2) is 9.59 Å². The molecular formula is C46H48N6O12S2. The predicted octanol–water partition coefficient (Wildman–Crippen LogP) is 4.27. The van der Waals surface area contributed by atoms with Gasteiger partial charge in [0, 0.05) is 12.8 Å². The van der Waals surface area contributed by atoms with E-state index in [0.717, 1.165) is 45.8 Å². The Balaban J connectivity index is 0.000000247. The predicted molar refractivity (Wildman–Crippen MR) is 246 cm³/mol. The maximum absolute atomic E-state index is 12.0. The van der Waals surface area contributed by atoms with Gasteiger partial charge in [0.25, 0.3) is 16.4 Å². The van der Waals surface area contributed by atoms with Gasteiger partial charge in [-0.15, -0.1) is 0 Å². The summed E-state index contributed by atoms with van der Waals surface area (Å²) >= 11 is 1.86. The van der Waals surface area contributed by atoms with Crippen molar-refractivity contribution in [2.75, 3.05) is 14.2 Å². The van der Waals surface area contributed by atoms with Crippen LogP contribution < -0.4 is 42.2 Å². The molecule has 2 aliphatic heterocycles. The summed E-state index contributed by atoms with van der Waals surface area (Å²) in [6, 6.07) is 25.3. The molecule has 0 radical (unpaired) electrons. The third-order valence-corrected chi connectivity index (χ3v) is 11.4. The van der Waals surface area contributed by atoms with Crippen LogP contribution in [0.3, 0.4) is 0 Å². The lowest BCUT2D eigenvalue weighted by molar-refractivity contribution is -0.145. The summed E-state index contributed by atoms with van der Waals surface area (Å²) in [5.74, 6) is -0.291. The zero-order chi connectivity index (χ0) is 47.9. The molecule has 5 unspecified atom stereocenters. The first-order valence-corrected chi connectivity index (χ1v) is 22.0. The van der Waals surface area contributed by atoms with Crippen LogP contribution in [-0.4, -0.2) is 89.7 Å². The number of thioether (sulfide) groups is 2. The highest BCUT2D eigenvalue weighted by Crippen LogP contribution is 2.29. The van der Waals surface area contributed by atoms with Crippen LogP contribution in [0.25, 0.3) is 6.08 Å². The standard InChI is InChI=1S/C23H25N3O6S.C23H23N3O6S/c2*1-13(24)20(27)25-18(22(29)31-2)11-14-3-7-16(8-4-14)32-17-9-5-15(6-10-17)12-19-21(28)26-23(30)33-19/h3-10,13,18-19H,11-12,24H2,1-2H3,(H,25,27)(H,26,28,30);3-10,12-13,18H,11,24H2,1-2H3,(H,25,27)(H,26,28,30). The van der Waals surface area contributed by atoms with Gasteiger partial charge in [-0.1, -0.05) is 60.3 Å². The molecule has 66 heavy (non-hydrogen) atoms. The maximum atomic E-state index is 12.0. The lowest BCUT2D eigenvalue weighted by Gasteiger charge is -2.18. The fourth-order valence-electron chi connectivity index (χ4n) is 6.05. The van der Waals surface area contributed by atoms with Crippen molar-refractivity contribution in [3.05, 3.63) is 124 Å². The highest BCUT2D eigenvalue weighted by atomic mass is 32.2. The first-order valence-electron chi connectivity index (χ1n) is 20.3. The van der Waals surface area contributed by atoms with Crippen LogP contribution in [0.1, 0.15) is 36.1 Å². The van der Waals surface area contributed by atoms with Crippen molar-refractivity contribution in [3.63, 3.8) is 0 Å². The van der Waals surface area contributed by atoms with Crippen molar-refractivity contribution < 1.29 is 57.3 Å². The number of hydrogen-bond donors (Lipinski definition) is 6. The molecule has 2 heterocycles. The molecule has 6 rings (SSSR count). The Bertz CT molecular complexity index is 2450. The lowest BCUT2D eigenvalue weighted by atomic mass is 10.1. The number of hydrogen-bond acceptors (Lipinski definition) is 16. The van der Waals surface area contributed by atoms with E-state index in [2.05, 4.69) is 21.3 Å². The number of nitrogens with two attached hydrogens (primary N) is 2. The normalized spacial score (nSPS) is 16.6. The van der Waals surface area contributed by atoms with Gasteiger partial charge in [0.2, 0.25) is 17.7 Å². The van der Waals surface area contributed by atoms with Crippen LogP contribution in [0.15, 0.2) is 102 Å². The Kier molecular flexibility index (Phi) is 18.0. The van der Waals surface area contributed by atoms with Crippen molar-refractivity contribution in [2.24, 2.45) is 11.5 Å². The highest BCUT2D eigenvalue weighted by Gasteiger charge is 2.31. The minimum atomic E-state index is -0.850. The van der Waals surface area contributed by atoms with Crippen LogP contribution in [0, 0.1) is 0 Å². The van der Waals surface area contributed by atoms with E-state index in [-0.39, 0.29) is 29.2 Å². The summed E-state index contributed by atoms with van der Waals surface area (Å²) in [7, 11) is 2.52. The van der Waals surface area contributed by atoms with Crippen molar-refractivity contribution >= 4 is 75.6 Å². The third kappa shape index (κ3) is 15.0. The van der Waals surface area contributed by atoms with Gasteiger partial charge >= 0.3 is 11.9 Å². The molecule has 20 heteroatoms. The SMILES string of the molecule is COC(=O)C(Cc1ccc(Oc2ccc(C=C3SC(=O)NC3=O)cc2)cc1)NC(=O)C(C)N.COC(=O)C(Cc1ccc(Oc2ccc(CC3SC(=O)NC3=O)cc2)cc1)NC(=O)C(C)N. The third-order valence-electron chi connectivity index (χ3n) is 9.56. The molecule has 346 valence electrons. The number of rotatable bonds is 17. The average molecular weight is 941 g/mol. The molecule has 4 aromatic rings. The Morgan fingerprint density at radius 1 is 0.621 bits per heavy atom. The van der Waals surface area contributed by atoms with E-state index in [1.165, 1.54) is 28.1 Å². The Labute approximate surface area is 388 Å². The van der Waals surface area contributed by atoms with Gasteiger partial charge in [0.1, 0.15) is 35.1 Å². The molecule has 0 aliphatic carbocycles. The molecule has 0 bridgehead atoms. The van der Waals surface area contributed by atoms with E-state index in [0.29, 0.717) is 34.3 Å². The van der Waals surface area contributed by atoms with Gasteiger partial charge in [-0.05, 0) is 109 Å². The van der Waals surface area contributed by atoms with Crippen molar-refractivity contribution in [2.45, 2.75) is 62.5 Å². The number of carbonyl (C=O) groups is 8. The monoisotopic (exact) mass is 940 g/mol. The molecule has 2 aliphatic rings. The number of esters is 2. The fourth-order valence-corrected chi connectivity index (χ4v) is 7.59. The molecule has 2 saturated heterocycles. The van der Waals surface area contributed by atoms with Gasteiger partial charge in [0.15, 0.2) is 0 Å². The van der Waals surface area contributed by atoms with Crippen LogP contribution >= 0.6 is 23.5 Å². The number of ether oxygens (including phenoxy) is 4. The fraction of sp³-hybridized carbons (Fsp3) is 0.261. The zero-order valence-corrected chi connectivity index (χ0v) is 37.8. The summed E-state index contributed by atoms with van der Waals surface area (Å²) in [5, 5.41) is 8.55. The number of nitrogens with one attached hydrogen (secondary N) is 4. The second-order valence-corrected chi connectivity index (χ2v) is 17.0. The Morgan fingerprint density at radius 3 is 1.38 bits per heavy atom. The highest BCUT2D eigenvalue weighted by molar-refractivity contribution is 8.18. The summed E-state index contributed by atoms with van der Waals surface area (Å²) < 4.78 is 21.2. The molecule has 6 amide bonds. The maximum Gasteiger partial charge on any atom is 0.328 e. The molecule has 0 spiro atoms. The largest absolute Gasteiger partial charge is 0.467 e. The van der Waals surface area contributed by atoms with Crippen LogP contribution in [0.5, 0.6) is 23.0 Å². The topological polar surface area (TPSA) is 274 Å². The van der Waals surface area contributed by atoms with E-state index < -0.39 is 59.1 Å². The molecule has 8 N–H and O–H groups in total. The zero-order valence-electron chi connectivity index (χ0n) is 36.2. The van der Waals surface area contributed by atoms with E-state index in [9.17, 15) is 38.4 Å². The van der Waals surface area contributed by atoms with Crippen LogP contribution in [0.4, 0.5) is 9.59 Å². The number of amides is 6. The summed E-state index contributed by atoms with van der Waals surface area (Å²) in [6.07, 6.45) is 2.57. The molecule has 18 nitrogen and oxygen atoms in total. The lowest BCUT2D eigenvalue weighted by Crippen LogP contribution is -2.48. The number of imide groups is 2. The average Bonchev–Trinajstić information content (AvgIpc) is 3.80. The molecule has 0 saturated carbocycles. The summed E-state index contributed by atoms with van der Waals surface area (Å²) in [4.78, 5) is 93.9. The van der Waals surface area contributed by atoms with Crippen molar-refractivity contribution in [1.29, 1.82) is 0 Å². The van der Waals surface area contributed by atoms with Gasteiger partial charge in [-0.3, -0.25) is 39.4 Å². The van der Waals surface area contributed by atoms with Crippen molar-refractivity contribution in [1.82, 2.24) is 21.3 Å². The van der Waals surface area contributed by atoms with Gasteiger partial charge < -0.3 is 41.0 Å².